The number of thiophene rings is 2. The molecule has 0 atom stereocenters. The molecule has 0 bridgehead atoms. The van der Waals surface area contributed by atoms with E-state index in [2.05, 4.69) is 15.6 Å². The zero-order chi connectivity index (χ0) is 27.7. The number of hydrogen-bond donors (Lipinski definition) is 4. The number of sulfonamides is 1. The number of aromatic nitrogens is 2. The summed E-state index contributed by atoms with van der Waals surface area (Å²) in [5, 5.41) is 7.87. The summed E-state index contributed by atoms with van der Waals surface area (Å²) in [7, 11) is -4.09. The third kappa shape index (κ3) is 6.02. The molecule has 2 amide bonds. The maximum absolute atomic E-state index is 13.2. The van der Waals surface area contributed by atoms with Gasteiger partial charge in [-0.1, -0.05) is 23.2 Å². The Bertz CT molecular complexity index is 1930. The van der Waals surface area contributed by atoms with Crippen LogP contribution in [0.2, 0.25) is 8.67 Å². The Balaban J connectivity index is 1.32. The van der Waals surface area contributed by atoms with Gasteiger partial charge in [-0.05, 0) is 71.6 Å². The van der Waals surface area contributed by atoms with E-state index in [1.807, 2.05) is 16.2 Å². The molecule has 200 valence electrons. The minimum absolute atomic E-state index is 0.108. The molecule has 4 N–H and O–H groups in total. The molecule has 0 aliphatic carbocycles. The summed E-state index contributed by atoms with van der Waals surface area (Å²) in [4.78, 5) is 40.9. The fraction of sp³-hybridized carbons (Fsp3) is 0.0417. The lowest BCUT2D eigenvalue weighted by Crippen LogP contribution is -2.34. The number of anilines is 2. The van der Waals surface area contributed by atoms with Crippen LogP contribution in [0, 0.1) is 0 Å². The van der Waals surface area contributed by atoms with Crippen molar-refractivity contribution in [1.82, 2.24) is 14.3 Å². The van der Waals surface area contributed by atoms with Crippen molar-refractivity contribution in [1.29, 1.82) is 0 Å². The van der Waals surface area contributed by atoms with Gasteiger partial charge in [-0.2, -0.15) is 0 Å². The van der Waals surface area contributed by atoms with Crippen LogP contribution in [0.5, 0.6) is 0 Å². The lowest BCUT2D eigenvalue weighted by molar-refractivity contribution is 0.256. The molecule has 0 unspecified atom stereocenters. The standard InChI is InChI=1S/C24H17Cl2N5O5S3/c25-19-7-8-21(38-19)39(35,36)30-23(33)28-14-1-4-16(5-2-14)31-22(32)17-6-3-15(10-18(17)29-24(31)34)27-11-13-9-20(26)37-12-13/h1-10,12,27H,11H2,(H,29,34)(H2,28,30,33). The van der Waals surface area contributed by atoms with Gasteiger partial charge in [0.25, 0.3) is 15.6 Å². The minimum atomic E-state index is -4.09. The number of aromatic amines is 1. The Morgan fingerprint density at radius 3 is 2.36 bits per heavy atom. The van der Waals surface area contributed by atoms with Crippen LogP contribution >= 0.6 is 45.9 Å². The van der Waals surface area contributed by atoms with Crippen LogP contribution in [0.25, 0.3) is 16.6 Å². The number of amides is 2. The summed E-state index contributed by atoms with van der Waals surface area (Å²) in [6.07, 6.45) is 0. The second-order valence-corrected chi connectivity index (χ2v) is 13.3. The van der Waals surface area contributed by atoms with E-state index >= 15 is 0 Å². The predicted molar refractivity (Wildman–Crippen MR) is 155 cm³/mol. The van der Waals surface area contributed by atoms with Crippen molar-refractivity contribution >= 4 is 84.2 Å². The molecule has 10 nitrogen and oxygen atoms in total. The number of carbonyl (C=O) groups is 1. The van der Waals surface area contributed by atoms with Crippen molar-refractivity contribution in [2.24, 2.45) is 0 Å². The number of urea groups is 1. The van der Waals surface area contributed by atoms with E-state index in [1.54, 1.807) is 18.2 Å². The van der Waals surface area contributed by atoms with Crippen molar-refractivity contribution in [3.8, 4) is 5.69 Å². The number of hydrogen-bond acceptors (Lipinski definition) is 8. The van der Waals surface area contributed by atoms with Crippen LogP contribution < -0.4 is 26.6 Å². The number of H-pyrrole nitrogens is 1. The quantitative estimate of drug-likeness (QED) is 0.196. The zero-order valence-electron chi connectivity index (χ0n) is 19.5. The highest BCUT2D eigenvalue weighted by Crippen LogP contribution is 2.25. The Labute approximate surface area is 238 Å². The van der Waals surface area contributed by atoms with Crippen LogP contribution in [0.1, 0.15) is 5.56 Å². The average Bonchev–Trinajstić information content (AvgIpc) is 3.51. The van der Waals surface area contributed by atoms with Gasteiger partial charge in [0.15, 0.2) is 0 Å². The van der Waals surface area contributed by atoms with E-state index in [-0.39, 0.29) is 19.9 Å². The van der Waals surface area contributed by atoms with Gasteiger partial charge in [0, 0.05) is 17.9 Å². The number of fused-ring (bicyclic) bond motifs is 1. The van der Waals surface area contributed by atoms with Crippen LogP contribution in [0.15, 0.2) is 79.8 Å². The molecule has 0 aliphatic rings. The summed E-state index contributed by atoms with van der Waals surface area (Å²) in [6, 6.07) is 14.4. The summed E-state index contributed by atoms with van der Waals surface area (Å²) < 4.78 is 28.3. The molecule has 5 rings (SSSR count). The number of benzene rings is 2. The third-order valence-corrected chi connectivity index (χ3v) is 9.63. The maximum atomic E-state index is 13.2. The fourth-order valence-electron chi connectivity index (χ4n) is 3.67. The summed E-state index contributed by atoms with van der Waals surface area (Å²) >= 11 is 14.0. The van der Waals surface area contributed by atoms with Crippen molar-refractivity contribution in [3.63, 3.8) is 0 Å². The molecule has 0 radical (unpaired) electrons. The smallest absolute Gasteiger partial charge is 0.333 e. The van der Waals surface area contributed by atoms with Crippen LogP contribution in [0.3, 0.4) is 0 Å². The van der Waals surface area contributed by atoms with Gasteiger partial charge in [-0.15, -0.1) is 22.7 Å². The molecule has 3 aromatic heterocycles. The van der Waals surface area contributed by atoms with Crippen molar-refractivity contribution in [2.45, 2.75) is 10.8 Å². The Morgan fingerprint density at radius 1 is 0.949 bits per heavy atom. The van der Waals surface area contributed by atoms with E-state index in [1.165, 1.54) is 47.7 Å². The molecule has 15 heteroatoms. The second kappa shape index (κ2) is 10.9. The maximum Gasteiger partial charge on any atom is 0.333 e. The molecular formula is C24H17Cl2N5O5S3. The molecule has 0 saturated heterocycles. The number of carbonyl (C=O) groups excluding carboxylic acids is 1. The molecule has 0 fully saturated rings. The minimum Gasteiger partial charge on any atom is -0.381 e. The molecule has 0 saturated carbocycles. The van der Waals surface area contributed by atoms with E-state index < -0.39 is 27.3 Å². The molecule has 2 aromatic carbocycles. The highest BCUT2D eigenvalue weighted by molar-refractivity contribution is 7.92. The summed E-state index contributed by atoms with van der Waals surface area (Å²) in [5.74, 6) is 0. The summed E-state index contributed by atoms with van der Waals surface area (Å²) in [6.45, 7) is 0.531. The number of rotatable bonds is 7. The number of nitrogens with one attached hydrogen (secondary N) is 4. The monoisotopic (exact) mass is 621 g/mol. The molecule has 0 aliphatic heterocycles. The SMILES string of the molecule is O=C(Nc1ccc(-n2c(=O)[nH]c3cc(NCc4csc(Cl)c4)ccc3c2=O)cc1)NS(=O)(=O)c1ccc(Cl)s1. The first-order chi connectivity index (χ1) is 18.6. The lowest BCUT2D eigenvalue weighted by atomic mass is 10.2. The molecule has 5 aromatic rings. The van der Waals surface area contributed by atoms with E-state index in [9.17, 15) is 22.8 Å². The Kier molecular flexibility index (Phi) is 7.51. The van der Waals surface area contributed by atoms with E-state index in [4.69, 9.17) is 23.2 Å². The fourth-order valence-corrected chi connectivity index (χ4v) is 6.97. The third-order valence-electron chi connectivity index (χ3n) is 5.44. The van der Waals surface area contributed by atoms with Crippen molar-refractivity contribution in [3.05, 3.63) is 101 Å². The van der Waals surface area contributed by atoms with E-state index in [0.717, 1.165) is 27.2 Å². The van der Waals surface area contributed by atoms with Crippen LogP contribution in [-0.2, 0) is 16.6 Å². The first-order valence-electron chi connectivity index (χ1n) is 11.0. The van der Waals surface area contributed by atoms with Gasteiger partial charge in [-0.25, -0.2) is 27.3 Å². The van der Waals surface area contributed by atoms with Gasteiger partial charge in [0.2, 0.25) is 0 Å². The highest BCUT2D eigenvalue weighted by Gasteiger charge is 2.20. The molecule has 3 heterocycles. The van der Waals surface area contributed by atoms with Gasteiger partial charge < -0.3 is 15.6 Å². The first kappa shape index (κ1) is 27.0. The average molecular weight is 623 g/mol. The van der Waals surface area contributed by atoms with Gasteiger partial charge in [-0.3, -0.25) is 4.79 Å². The Hall–Kier alpha value is -3.62. The van der Waals surface area contributed by atoms with Crippen molar-refractivity contribution in [2.75, 3.05) is 10.6 Å². The van der Waals surface area contributed by atoms with Gasteiger partial charge >= 0.3 is 11.7 Å². The first-order valence-corrected chi connectivity index (χ1v) is 15.0. The van der Waals surface area contributed by atoms with Gasteiger partial charge in [0.05, 0.1) is 25.3 Å². The van der Waals surface area contributed by atoms with Gasteiger partial charge in [0.1, 0.15) is 4.21 Å². The second-order valence-electron chi connectivity index (χ2n) is 8.11. The highest BCUT2D eigenvalue weighted by atomic mass is 35.5. The van der Waals surface area contributed by atoms with E-state index in [0.29, 0.717) is 21.8 Å². The van der Waals surface area contributed by atoms with Crippen LogP contribution in [0.4, 0.5) is 16.2 Å². The largest absolute Gasteiger partial charge is 0.381 e. The number of halogens is 2. The molecule has 0 spiro atoms. The number of nitrogens with zero attached hydrogens (tertiary/aromatic N) is 1. The molecular weight excluding hydrogens is 605 g/mol. The lowest BCUT2D eigenvalue weighted by Gasteiger charge is -2.10. The normalized spacial score (nSPS) is 11.4. The predicted octanol–water partition coefficient (Wildman–Crippen LogP) is 5.23. The van der Waals surface area contributed by atoms with Crippen LogP contribution in [-0.4, -0.2) is 24.0 Å². The summed E-state index contributed by atoms with van der Waals surface area (Å²) in [5.41, 5.74) is 1.43. The van der Waals surface area contributed by atoms with Crippen molar-refractivity contribution < 1.29 is 13.2 Å². The zero-order valence-corrected chi connectivity index (χ0v) is 23.5. The molecule has 39 heavy (non-hydrogen) atoms. The Morgan fingerprint density at radius 2 is 1.69 bits per heavy atom. The topological polar surface area (TPSA) is 142 Å².